The summed E-state index contributed by atoms with van der Waals surface area (Å²) < 4.78 is 0. The Morgan fingerprint density at radius 2 is 2.16 bits per heavy atom. The summed E-state index contributed by atoms with van der Waals surface area (Å²) >= 11 is 0. The van der Waals surface area contributed by atoms with Gasteiger partial charge in [0, 0.05) is 23.6 Å². The van der Waals surface area contributed by atoms with Crippen LogP contribution in [0.3, 0.4) is 0 Å². The molecular weight excluding hydrogens is 256 g/mol. The van der Waals surface area contributed by atoms with Crippen LogP contribution in [-0.2, 0) is 0 Å². The van der Waals surface area contributed by atoms with E-state index in [0.29, 0.717) is 5.41 Å². The summed E-state index contributed by atoms with van der Waals surface area (Å²) in [5.74, 6) is 0.842. The van der Waals surface area contributed by atoms with Gasteiger partial charge in [-0.2, -0.15) is 0 Å². The molecule has 0 amide bonds. The molecule has 1 saturated heterocycles. The number of allylic oxidation sites excluding steroid dienone is 3. The topological polar surface area (TPSA) is 35.9 Å². The van der Waals surface area contributed by atoms with E-state index in [1.54, 1.807) is 11.1 Å². The molecule has 19 heavy (non-hydrogen) atoms. The standard InChI is InChI=1S/C16H22N2.ClH/c17-12-5-4-11-9-15-13-3-1-2-6-16(13,7-8-18-15)14(11)10-12;/h4,10,13,15,17-18H,1-3,5-9H2;1H/t13-,15+,16+;/m0./s1. The molecule has 4 rings (SSSR count). The van der Waals surface area contributed by atoms with Crippen LogP contribution in [0.4, 0.5) is 0 Å². The van der Waals surface area contributed by atoms with Gasteiger partial charge in [-0.25, -0.2) is 0 Å². The Balaban J connectivity index is 0.00000110. The molecule has 4 aliphatic rings. The first-order valence-electron chi connectivity index (χ1n) is 7.52. The number of rotatable bonds is 0. The van der Waals surface area contributed by atoms with E-state index >= 15 is 0 Å². The predicted molar refractivity (Wildman–Crippen MR) is 81.2 cm³/mol. The molecule has 2 bridgehead atoms. The molecule has 0 unspecified atom stereocenters. The number of fused-ring (bicyclic) bond motifs is 1. The van der Waals surface area contributed by atoms with Gasteiger partial charge in [0.15, 0.2) is 0 Å². The summed E-state index contributed by atoms with van der Waals surface area (Å²) in [6, 6.07) is 0.717. The zero-order valence-corrected chi connectivity index (χ0v) is 12.2. The minimum atomic E-state index is 0. The summed E-state index contributed by atoms with van der Waals surface area (Å²) in [5, 5.41) is 11.8. The van der Waals surface area contributed by atoms with Gasteiger partial charge < -0.3 is 10.7 Å². The largest absolute Gasteiger partial charge is 0.313 e. The van der Waals surface area contributed by atoms with Gasteiger partial charge in [-0.1, -0.05) is 18.9 Å². The maximum Gasteiger partial charge on any atom is 0.0354 e. The number of hydrogen-bond acceptors (Lipinski definition) is 2. The lowest BCUT2D eigenvalue weighted by molar-refractivity contribution is 0.0430. The highest BCUT2D eigenvalue weighted by atomic mass is 35.5. The van der Waals surface area contributed by atoms with Crippen LogP contribution in [0.15, 0.2) is 23.3 Å². The number of nitrogens with one attached hydrogen (secondary N) is 2. The van der Waals surface area contributed by atoms with Crippen molar-refractivity contribution in [2.45, 2.75) is 51.0 Å². The van der Waals surface area contributed by atoms with E-state index in [1.807, 2.05) is 0 Å². The average molecular weight is 279 g/mol. The number of halogens is 1. The third-order valence-corrected chi connectivity index (χ3v) is 5.77. The van der Waals surface area contributed by atoms with Crippen LogP contribution in [0.25, 0.3) is 0 Å². The SMILES string of the molecule is Cl.N=C1C=C2C(=CC1)C[C@H]1NCC[C@@]23CCCC[C@@H]13. The van der Waals surface area contributed by atoms with E-state index in [1.165, 1.54) is 45.1 Å². The van der Waals surface area contributed by atoms with Gasteiger partial charge >= 0.3 is 0 Å². The second-order valence-electron chi connectivity index (χ2n) is 6.54. The lowest BCUT2D eigenvalue weighted by Gasteiger charge is -2.57. The third kappa shape index (κ3) is 1.84. The number of hydrogen-bond donors (Lipinski definition) is 2. The smallest absolute Gasteiger partial charge is 0.0354 e. The van der Waals surface area contributed by atoms with E-state index in [4.69, 9.17) is 5.41 Å². The van der Waals surface area contributed by atoms with Crippen LogP contribution in [0, 0.1) is 16.7 Å². The first kappa shape index (κ1) is 13.4. The van der Waals surface area contributed by atoms with Crippen molar-refractivity contribution in [3.8, 4) is 0 Å². The normalized spacial score (nSPS) is 40.3. The van der Waals surface area contributed by atoms with Gasteiger partial charge in [0.1, 0.15) is 0 Å². The molecule has 0 spiro atoms. The molecule has 1 heterocycles. The van der Waals surface area contributed by atoms with Crippen LogP contribution < -0.4 is 5.32 Å². The third-order valence-electron chi connectivity index (χ3n) is 5.77. The van der Waals surface area contributed by atoms with E-state index in [2.05, 4.69) is 17.5 Å². The minimum Gasteiger partial charge on any atom is -0.313 e. The van der Waals surface area contributed by atoms with E-state index in [0.717, 1.165) is 24.1 Å². The van der Waals surface area contributed by atoms with Crippen molar-refractivity contribution in [3.63, 3.8) is 0 Å². The van der Waals surface area contributed by atoms with Crippen molar-refractivity contribution in [2.75, 3.05) is 6.54 Å². The molecular formula is C16H23ClN2. The monoisotopic (exact) mass is 278 g/mol. The molecule has 0 radical (unpaired) electrons. The Hall–Kier alpha value is -0.600. The molecule has 2 N–H and O–H groups in total. The molecule has 0 aromatic heterocycles. The fraction of sp³-hybridized carbons (Fsp3) is 0.688. The molecule has 104 valence electrons. The number of piperidine rings is 1. The molecule has 0 aromatic carbocycles. The summed E-state index contributed by atoms with van der Waals surface area (Å²) in [6.07, 6.45) is 13.5. The summed E-state index contributed by atoms with van der Waals surface area (Å²) in [5.41, 5.74) is 4.40. The van der Waals surface area contributed by atoms with Crippen LogP contribution in [0.5, 0.6) is 0 Å². The summed E-state index contributed by atoms with van der Waals surface area (Å²) in [4.78, 5) is 0. The molecule has 2 nitrogen and oxygen atoms in total. The van der Waals surface area contributed by atoms with E-state index in [9.17, 15) is 0 Å². The van der Waals surface area contributed by atoms with Crippen molar-refractivity contribution in [1.82, 2.24) is 5.32 Å². The Kier molecular flexibility index (Phi) is 3.34. The fourth-order valence-corrected chi connectivity index (χ4v) is 5.03. The molecule has 3 fully saturated rings. The van der Waals surface area contributed by atoms with Crippen molar-refractivity contribution >= 4 is 18.1 Å². The van der Waals surface area contributed by atoms with Crippen LogP contribution >= 0.6 is 12.4 Å². The van der Waals surface area contributed by atoms with E-state index < -0.39 is 0 Å². The first-order valence-corrected chi connectivity index (χ1v) is 7.52. The maximum atomic E-state index is 8.01. The predicted octanol–water partition coefficient (Wildman–Crippen LogP) is 3.63. The molecule has 3 heteroatoms. The Labute approximate surface area is 121 Å². The van der Waals surface area contributed by atoms with Crippen molar-refractivity contribution < 1.29 is 0 Å². The highest BCUT2D eigenvalue weighted by Gasteiger charge is 2.53. The first-order chi connectivity index (χ1) is 8.79. The second kappa shape index (κ2) is 4.75. The maximum absolute atomic E-state index is 8.01. The van der Waals surface area contributed by atoms with Gasteiger partial charge in [0.05, 0.1) is 0 Å². The van der Waals surface area contributed by atoms with Gasteiger partial charge in [0.2, 0.25) is 0 Å². The van der Waals surface area contributed by atoms with Crippen molar-refractivity contribution in [1.29, 1.82) is 5.41 Å². The van der Waals surface area contributed by atoms with E-state index in [-0.39, 0.29) is 12.4 Å². The Bertz CT molecular complexity index is 461. The molecule has 0 aromatic rings. The fourth-order valence-electron chi connectivity index (χ4n) is 5.03. The van der Waals surface area contributed by atoms with Gasteiger partial charge in [-0.05, 0) is 55.4 Å². The van der Waals surface area contributed by atoms with Crippen molar-refractivity contribution in [2.24, 2.45) is 11.3 Å². The minimum absolute atomic E-state index is 0. The molecule has 2 saturated carbocycles. The molecule has 1 aliphatic heterocycles. The summed E-state index contributed by atoms with van der Waals surface area (Å²) in [7, 11) is 0. The Morgan fingerprint density at radius 3 is 3.05 bits per heavy atom. The lowest BCUT2D eigenvalue weighted by atomic mass is 9.51. The van der Waals surface area contributed by atoms with Crippen LogP contribution in [0.1, 0.15) is 44.9 Å². The van der Waals surface area contributed by atoms with Gasteiger partial charge in [-0.15, -0.1) is 12.4 Å². The van der Waals surface area contributed by atoms with Gasteiger partial charge in [-0.3, -0.25) is 0 Å². The van der Waals surface area contributed by atoms with Gasteiger partial charge in [0.25, 0.3) is 0 Å². The summed E-state index contributed by atoms with van der Waals surface area (Å²) in [6.45, 7) is 1.18. The second-order valence-corrected chi connectivity index (χ2v) is 6.54. The zero-order valence-electron chi connectivity index (χ0n) is 11.4. The average Bonchev–Trinajstić information content (AvgIpc) is 2.40. The molecule has 3 atom stereocenters. The highest BCUT2D eigenvalue weighted by Crippen LogP contribution is 2.59. The van der Waals surface area contributed by atoms with Crippen LogP contribution in [-0.4, -0.2) is 18.3 Å². The van der Waals surface area contributed by atoms with Crippen LogP contribution in [0.2, 0.25) is 0 Å². The Morgan fingerprint density at radius 1 is 1.26 bits per heavy atom. The molecule has 3 aliphatic carbocycles. The highest BCUT2D eigenvalue weighted by molar-refractivity contribution is 5.96. The zero-order chi connectivity index (χ0) is 12.2. The quantitative estimate of drug-likeness (QED) is 0.697. The lowest BCUT2D eigenvalue weighted by Crippen LogP contribution is -2.57. The van der Waals surface area contributed by atoms with Crippen molar-refractivity contribution in [3.05, 3.63) is 23.3 Å².